The quantitative estimate of drug-likeness (QED) is 0.274. The van der Waals surface area contributed by atoms with Crippen molar-refractivity contribution in [2.75, 3.05) is 5.32 Å². The van der Waals surface area contributed by atoms with Crippen LogP contribution in [-0.2, 0) is 4.79 Å². The third kappa shape index (κ3) is 4.39. The van der Waals surface area contributed by atoms with Gasteiger partial charge in [0.25, 0.3) is 0 Å². The number of amides is 1. The minimum atomic E-state index is 0.0674. The number of H-pyrrole nitrogens is 2. The standard InChI is InChI=1S/C29H25N9O/c39-29(17-6-2-1-3-7-17)34-19-12-18(14-30-15-19)23-13-21-24(16-33-23)37-38-26(21)28-35-25-20(9-11-32-27(25)36-28)22-8-4-5-10-31-22/h4-5,8-17H,1-3,6-7H2,(H,34,39)(H,37,38)(H,32,35,36). The van der Waals surface area contributed by atoms with Gasteiger partial charge < -0.3 is 10.3 Å². The number of pyridine rings is 4. The van der Waals surface area contributed by atoms with E-state index < -0.39 is 0 Å². The Morgan fingerprint density at radius 3 is 2.72 bits per heavy atom. The fraction of sp³-hybridized carbons (Fsp3) is 0.207. The van der Waals surface area contributed by atoms with Crippen LogP contribution in [0.3, 0.4) is 0 Å². The van der Waals surface area contributed by atoms with Gasteiger partial charge in [0.2, 0.25) is 5.91 Å². The van der Waals surface area contributed by atoms with Gasteiger partial charge in [-0.2, -0.15) is 5.10 Å². The van der Waals surface area contributed by atoms with Gasteiger partial charge in [-0.3, -0.25) is 24.8 Å². The third-order valence-electron chi connectivity index (χ3n) is 7.28. The maximum atomic E-state index is 12.8. The lowest BCUT2D eigenvalue weighted by atomic mass is 9.88. The normalized spacial score (nSPS) is 14.2. The zero-order valence-corrected chi connectivity index (χ0v) is 21.1. The number of carbonyl (C=O) groups is 1. The number of aromatic nitrogens is 8. The van der Waals surface area contributed by atoms with Crippen LogP contribution >= 0.6 is 0 Å². The van der Waals surface area contributed by atoms with Crippen LogP contribution in [0.2, 0.25) is 0 Å². The van der Waals surface area contributed by atoms with Gasteiger partial charge in [-0.15, -0.1) is 0 Å². The first-order chi connectivity index (χ1) is 19.2. The summed E-state index contributed by atoms with van der Waals surface area (Å²) in [4.78, 5) is 38.8. The van der Waals surface area contributed by atoms with Gasteiger partial charge in [-0.1, -0.05) is 25.3 Å². The van der Waals surface area contributed by atoms with Crippen LogP contribution in [0, 0.1) is 5.92 Å². The molecule has 1 fully saturated rings. The molecule has 0 bridgehead atoms. The van der Waals surface area contributed by atoms with E-state index in [1.54, 1.807) is 31.0 Å². The summed E-state index contributed by atoms with van der Waals surface area (Å²) in [7, 11) is 0. The number of nitrogens with zero attached hydrogens (tertiary/aromatic N) is 6. The van der Waals surface area contributed by atoms with E-state index in [0.29, 0.717) is 22.9 Å². The summed E-state index contributed by atoms with van der Waals surface area (Å²) >= 11 is 0. The molecule has 1 saturated carbocycles. The Bertz CT molecular complexity index is 1800. The molecular weight excluding hydrogens is 490 g/mol. The summed E-state index contributed by atoms with van der Waals surface area (Å²) in [6, 6.07) is 11.6. The molecule has 0 unspecified atom stereocenters. The van der Waals surface area contributed by atoms with Gasteiger partial charge in [0.05, 0.1) is 40.5 Å². The second-order valence-corrected chi connectivity index (χ2v) is 9.83. The second kappa shape index (κ2) is 9.71. The molecule has 0 spiro atoms. The Kier molecular flexibility index (Phi) is 5.77. The molecule has 6 aromatic rings. The van der Waals surface area contributed by atoms with E-state index in [-0.39, 0.29) is 11.8 Å². The Labute approximate surface area is 223 Å². The molecule has 10 nitrogen and oxygen atoms in total. The van der Waals surface area contributed by atoms with Gasteiger partial charge >= 0.3 is 0 Å². The minimum Gasteiger partial charge on any atom is -0.335 e. The number of carbonyl (C=O) groups excluding carboxylic acids is 1. The molecule has 1 aliphatic rings. The number of fused-ring (bicyclic) bond motifs is 2. The highest BCUT2D eigenvalue weighted by Gasteiger charge is 2.21. The number of nitrogens with one attached hydrogen (secondary N) is 3. The molecule has 6 aromatic heterocycles. The molecule has 7 rings (SSSR count). The average molecular weight is 516 g/mol. The highest BCUT2D eigenvalue weighted by molar-refractivity contribution is 5.97. The zero-order chi connectivity index (χ0) is 26.2. The van der Waals surface area contributed by atoms with Crippen molar-refractivity contribution < 1.29 is 4.79 Å². The summed E-state index contributed by atoms with van der Waals surface area (Å²) in [6.07, 6.45) is 14.0. The highest BCUT2D eigenvalue weighted by atomic mass is 16.1. The summed E-state index contributed by atoms with van der Waals surface area (Å²) in [5, 5.41) is 11.5. The van der Waals surface area contributed by atoms with Crippen LogP contribution in [0.15, 0.2) is 67.4 Å². The average Bonchev–Trinajstić information content (AvgIpc) is 3.62. The SMILES string of the molecule is O=C(Nc1cncc(-c2cc3c(-c4nc5nccc(-c6ccccn6)c5[nH]4)n[nH]c3cn2)c1)C1CCCCC1. The Morgan fingerprint density at radius 2 is 1.85 bits per heavy atom. The number of hydrogen-bond donors (Lipinski definition) is 3. The molecule has 10 heteroatoms. The second-order valence-electron chi connectivity index (χ2n) is 9.83. The highest BCUT2D eigenvalue weighted by Crippen LogP contribution is 2.32. The molecule has 3 N–H and O–H groups in total. The van der Waals surface area contributed by atoms with E-state index in [1.807, 2.05) is 36.4 Å². The van der Waals surface area contributed by atoms with E-state index >= 15 is 0 Å². The molecule has 0 radical (unpaired) electrons. The monoisotopic (exact) mass is 515 g/mol. The number of hydrogen-bond acceptors (Lipinski definition) is 7. The van der Waals surface area contributed by atoms with Crippen LogP contribution in [0.1, 0.15) is 32.1 Å². The van der Waals surface area contributed by atoms with Gasteiger partial charge in [0.15, 0.2) is 11.5 Å². The Morgan fingerprint density at radius 1 is 0.923 bits per heavy atom. The summed E-state index contributed by atoms with van der Waals surface area (Å²) in [5.41, 5.74) is 6.76. The lowest BCUT2D eigenvalue weighted by molar-refractivity contribution is -0.120. The molecule has 6 heterocycles. The molecule has 0 aromatic carbocycles. The number of rotatable bonds is 5. The zero-order valence-electron chi connectivity index (χ0n) is 21.1. The molecule has 1 aliphatic carbocycles. The van der Waals surface area contributed by atoms with Crippen molar-refractivity contribution in [1.82, 2.24) is 40.1 Å². The number of imidazole rings is 1. The largest absolute Gasteiger partial charge is 0.335 e. The Balaban J connectivity index is 1.23. The molecule has 0 atom stereocenters. The van der Waals surface area contributed by atoms with Crippen LogP contribution in [0.5, 0.6) is 0 Å². The lowest BCUT2D eigenvalue weighted by Crippen LogP contribution is -2.24. The number of anilines is 1. The van der Waals surface area contributed by atoms with E-state index in [4.69, 9.17) is 4.98 Å². The summed E-state index contributed by atoms with van der Waals surface area (Å²) in [5.74, 6) is 0.732. The Hall–Kier alpha value is -4.99. The molecule has 1 amide bonds. The van der Waals surface area contributed by atoms with Crippen molar-refractivity contribution in [3.05, 3.63) is 67.4 Å². The van der Waals surface area contributed by atoms with E-state index in [1.165, 1.54) is 6.42 Å². The first-order valence-electron chi connectivity index (χ1n) is 13.1. The van der Waals surface area contributed by atoms with Crippen molar-refractivity contribution in [2.45, 2.75) is 32.1 Å². The van der Waals surface area contributed by atoms with Crippen molar-refractivity contribution >= 4 is 33.7 Å². The summed E-state index contributed by atoms with van der Waals surface area (Å²) < 4.78 is 0. The van der Waals surface area contributed by atoms with Crippen molar-refractivity contribution in [3.63, 3.8) is 0 Å². The minimum absolute atomic E-state index is 0.0674. The van der Waals surface area contributed by atoms with Crippen molar-refractivity contribution in [3.8, 4) is 34.0 Å². The molecular formula is C29H25N9O. The number of aromatic amines is 2. The third-order valence-corrected chi connectivity index (χ3v) is 7.28. The molecule has 0 aliphatic heterocycles. The first-order valence-corrected chi connectivity index (χ1v) is 13.1. The molecule has 192 valence electrons. The van der Waals surface area contributed by atoms with E-state index in [9.17, 15) is 4.79 Å². The molecule has 39 heavy (non-hydrogen) atoms. The van der Waals surface area contributed by atoms with Crippen LogP contribution in [0.25, 0.3) is 56.1 Å². The van der Waals surface area contributed by atoms with Gasteiger partial charge in [0.1, 0.15) is 5.69 Å². The molecule has 0 saturated heterocycles. The summed E-state index contributed by atoms with van der Waals surface area (Å²) in [6.45, 7) is 0. The fourth-order valence-electron chi connectivity index (χ4n) is 5.27. The van der Waals surface area contributed by atoms with Gasteiger partial charge in [-0.25, -0.2) is 9.97 Å². The van der Waals surface area contributed by atoms with Crippen LogP contribution < -0.4 is 5.32 Å². The van der Waals surface area contributed by atoms with Crippen LogP contribution in [-0.4, -0.2) is 46.0 Å². The van der Waals surface area contributed by atoms with Gasteiger partial charge in [-0.05, 0) is 43.2 Å². The maximum absolute atomic E-state index is 12.8. The lowest BCUT2D eigenvalue weighted by Gasteiger charge is -2.20. The smallest absolute Gasteiger partial charge is 0.227 e. The van der Waals surface area contributed by atoms with Crippen molar-refractivity contribution in [2.24, 2.45) is 5.92 Å². The first kappa shape index (κ1) is 23.2. The fourth-order valence-corrected chi connectivity index (χ4v) is 5.27. The van der Waals surface area contributed by atoms with Crippen molar-refractivity contribution in [1.29, 1.82) is 0 Å². The maximum Gasteiger partial charge on any atom is 0.227 e. The van der Waals surface area contributed by atoms with Crippen LogP contribution in [0.4, 0.5) is 5.69 Å². The predicted molar refractivity (Wildman–Crippen MR) is 148 cm³/mol. The topological polar surface area (TPSA) is 138 Å². The van der Waals surface area contributed by atoms with E-state index in [0.717, 1.165) is 64.6 Å². The predicted octanol–water partition coefficient (Wildman–Crippen LogP) is 5.54. The van der Waals surface area contributed by atoms with Gasteiger partial charge in [0, 0.05) is 41.0 Å². The van der Waals surface area contributed by atoms with E-state index in [2.05, 4.69) is 40.4 Å².